The van der Waals surface area contributed by atoms with Crippen LogP contribution >= 0.6 is 0 Å². The summed E-state index contributed by atoms with van der Waals surface area (Å²) >= 11 is 0. The van der Waals surface area contributed by atoms with Crippen molar-refractivity contribution < 1.29 is 14.6 Å². The number of carboxylic acid groups (broad SMARTS) is 1. The number of rotatable bonds is 5. The van der Waals surface area contributed by atoms with E-state index >= 15 is 0 Å². The second kappa shape index (κ2) is 6.06. The van der Waals surface area contributed by atoms with Crippen molar-refractivity contribution in [3.63, 3.8) is 0 Å². The van der Waals surface area contributed by atoms with Crippen LogP contribution in [0.4, 0.5) is 0 Å². The van der Waals surface area contributed by atoms with Gasteiger partial charge in [0.25, 0.3) is 0 Å². The van der Waals surface area contributed by atoms with Crippen molar-refractivity contribution in [2.45, 2.75) is 40.2 Å². The number of benzene rings is 1. The molecule has 0 aliphatic heterocycles. The Hall–Kier alpha value is -1.55. The Morgan fingerprint density at radius 1 is 1.37 bits per heavy atom. The van der Waals surface area contributed by atoms with E-state index in [0.717, 1.165) is 28.0 Å². The highest BCUT2D eigenvalue weighted by molar-refractivity contribution is 5.67. The second-order valence-electron chi connectivity index (χ2n) is 5.18. The number of carboxylic acids is 1. The number of nitrogens with two attached hydrogens (primary N) is 1. The van der Waals surface area contributed by atoms with E-state index in [-0.39, 0.29) is 18.4 Å². The molecule has 0 fully saturated rings. The SMILES string of the molecule is COc1c(C)c(C)cc(C)c1C(N)C(C)CC(=O)O. The molecule has 0 amide bonds. The molecule has 0 aliphatic carbocycles. The van der Waals surface area contributed by atoms with E-state index in [1.807, 2.05) is 27.7 Å². The average molecular weight is 265 g/mol. The third kappa shape index (κ3) is 3.26. The molecule has 0 spiro atoms. The van der Waals surface area contributed by atoms with Crippen LogP contribution in [0, 0.1) is 26.7 Å². The summed E-state index contributed by atoms with van der Waals surface area (Å²) in [4.78, 5) is 10.8. The Bertz CT molecular complexity index is 483. The molecule has 106 valence electrons. The van der Waals surface area contributed by atoms with Gasteiger partial charge in [-0.3, -0.25) is 4.79 Å². The Morgan fingerprint density at radius 3 is 2.42 bits per heavy atom. The van der Waals surface area contributed by atoms with Crippen LogP contribution in [-0.2, 0) is 4.79 Å². The van der Waals surface area contributed by atoms with Gasteiger partial charge >= 0.3 is 5.97 Å². The van der Waals surface area contributed by atoms with E-state index < -0.39 is 5.97 Å². The van der Waals surface area contributed by atoms with Gasteiger partial charge in [0.15, 0.2) is 0 Å². The third-order valence-electron chi connectivity index (χ3n) is 3.68. The molecule has 0 bridgehead atoms. The number of hydrogen-bond acceptors (Lipinski definition) is 3. The standard InChI is InChI=1S/C15H23NO3/c1-8-6-9(2)13(15(19-5)11(8)4)14(16)10(3)7-12(17)18/h6,10,14H,7,16H2,1-5H3,(H,17,18). The number of aryl methyl sites for hydroxylation is 2. The van der Waals surface area contributed by atoms with E-state index in [0.29, 0.717) is 0 Å². The van der Waals surface area contributed by atoms with Gasteiger partial charge in [-0.15, -0.1) is 0 Å². The second-order valence-corrected chi connectivity index (χ2v) is 5.18. The van der Waals surface area contributed by atoms with Crippen LogP contribution in [0.1, 0.15) is 41.6 Å². The molecule has 1 rings (SSSR count). The zero-order valence-corrected chi connectivity index (χ0v) is 12.3. The fraction of sp³-hybridized carbons (Fsp3) is 0.533. The van der Waals surface area contributed by atoms with Crippen molar-refractivity contribution in [3.05, 3.63) is 28.3 Å². The maximum absolute atomic E-state index is 10.8. The van der Waals surface area contributed by atoms with Gasteiger partial charge in [0, 0.05) is 18.0 Å². The summed E-state index contributed by atoms with van der Waals surface area (Å²) in [5.74, 6) is -0.196. The summed E-state index contributed by atoms with van der Waals surface area (Å²) in [6, 6.07) is 1.73. The molecule has 2 atom stereocenters. The molecule has 0 heterocycles. The van der Waals surface area contributed by atoms with Gasteiger partial charge in [-0.1, -0.05) is 13.0 Å². The van der Waals surface area contributed by atoms with Gasteiger partial charge in [0.05, 0.1) is 7.11 Å². The highest BCUT2D eigenvalue weighted by atomic mass is 16.5. The van der Waals surface area contributed by atoms with Crippen molar-refractivity contribution in [3.8, 4) is 5.75 Å². The van der Waals surface area contributed by atoms with Crippen molar-refractivity contribution in [1.29, 1.82) is 0 Å². The summed E-state index contributed by atoms with van der Waals surface area (Å²) in [7, 11) is 1.62. The van der Waals surface area contributed by atoms with Crippen molar-refractivity contribution in [2.24, 2.45) is 11.7 Å². The minimum atomic E-state index is -0.830. The van der Waals surface area contributed by atoms with E-state index in [2.05, 4.69) is 6.07 Å². The first kappa shape index (κ1) is 15.5. The summed E-state index contributed by atoms with van der Waals surface area (Å²) in [5.41, 5.74) is 10.4. The molecule has 1 aromatic carbocycles. The van der Waals surface area contributed by atoms with Gasteiger partial charge < -0.3 is 15.6 Å². The first-order valence-corrected chi connectivity index (χ1v) is 6.41. The zero-order chi connectivity index (χ0) is 14.7. The number of carbonyl (C=O) groups is 1. The molecule has 3 N–H and O–H groups in total. The Kier molecular flexibility index (Phi) is 4.95. The van der Waals surface area contributed by atoms with E-state index in [4.69, 9.17) is 15.6 Å². The van der Waals surface area contributed by atoms with Crippen LogP contribution in [0.25, 0.3) is 0 Å². The molecule has 2 unspecified atom stereocenters. The number of methoxy groups -OCH3 is 1. The summed E-state index contributed by atoms with van der Waals surface area (Å²) < 4.78 is 5.49. The van der Waals surface area contributed by atoms with Crippen molar-refractivity contribution in [1.82, 2.24) is 0 Å². The molecule has 0 saturated carbocycles. The van der Waals surface area contributed by atoms with Crippen LogP contribution < -0.4 is 10.5 Å². The molecule has 0 aliphatic rings. The average Bonchev–Trinajstić information content (AvgIpc) is 2.31. The van der Waals surface area contributed by atoms with Gasteiger partial charge in [-0.2, -0.15) is 0 Å². The summed E-state index contributed by atoms with van der Waals surface area (Å²) in [5, 5.41) is 8.89. The van der Waals surface area contributed by atoms with E-state index in [1.54, 1.807) is 7.11 Å². The largest absolute Gasteiger partial charge is 0.496 e. The van der Waals surface area contributed by atoms with Gasteiger partial charge in [-0.05, 0) is 43.4 Å². The fourth-order valence-electron chi connectivity index (χ4n) is 2.44. The monoisotopic (exact) mass is 265 g/mol. The molecular weight excluding hydrogens is 242 g/mol. The minimum Gasteiger partial charge on any atom is -0.496 e. The molecule has 0 aromatic heterocycles. The van der Waals surface area contributed by atoms with Crippen LogP contribution in [-0.4, -0.2) is 18.2 Å². The molecular formula is C15H23NO3. The summed E-state index contributed by atoms with van der Waals surface area (Å²) in [6.45, 7) is 7.86. The zero-order valence-electron chi connectivity index (χ0n) is 12.3. The Labute approximate surface area is 114 Å². The topological polar surface area (TPSA) is 72.5 Å². The number of hydrogen-bond donors (Lipinski definition) is 2. The highest BCUT2D eigenvalue weighted by Gasteiger charge is 2.24. The third-order valence-corrected chi connectivity index (χ3v) is 3.68. The minimum absolute atomic E-state index is 0.0523. The number of aliphatic carboxylic acids is 1. The normalized spacial score (nSPS) is 14.0. The molecule has 0 saturated heterocycles. The quantitative estimate of drug-likeness (QED) is 0.858. The lowest BCUT2D eigenvalue weighted by molar-refractivity contribution is -0.138. The first-order chi connectivity index (χ1) is 8.79. The van der Waals surface area contributed by atoms with E-state index in [1.165, 1.54) is 0 Å². The molecule has 1 aromatic rings. The van der Waals surface area contributed by atoms with E-state index in [9.17, 15) is 4.79 Å². The first-order valence-electron chi connectivity index (χ1n) is 6.41. The molecule has 19 heavy (non-hydrogen) atoms. The lowest BCUT2D eigenvalue weighted by Crippen LogP contribution is -2.23. The predicted molar refractivity (Wildman–Crippen MR) is 75.6 cm³/mol. The fourth-order valence-corrected chi connectivity index (χ4v) is 2.44. The van der Waals surface area contributed by atoms with Crippen molar-refractivity contribution >= 4 is 5.97 Å². The summed E-state index contributed by atoms with van der Waals surface area (Å²) in [6.07, 6.45) is 0.0523. The predicted octanol–water partition coefficient (Wildman–Crippen LogP) is 2.73. The van der Waals surface area contributed by atoms with Gasteiger partial charge in [0.1, 0.15) is 5.75 Å². The number of ether oxygens (including phenoxy) is 1. The highest BCUT2D eigenvalue weighted by Crippen LogP contribution is 2.36. The van der Waals surface area contributed by atoms with Crippen LogP contribution in [0.15, 0.2) is 6.07 Å². The molecule has 4 nitrogen and oxygen atoms in total. The Morgan fingerprint density at radius 2 is 1.95 bits per heavy atom. The molecule has 4 heteroatoms. The molecule has 0 radical (unpaired) electrons. The maximum atomic E-state index is 10.8. The Balaban J connectivity index is 3.25. The van der Waals surface area contributed by atoms with Crippen LogP contribution in [0.5, 0.6) is 5.75 Å². The van der Waals surface area contributed by atoms with Crippen molar-refractivity contribution in [2.75, 3.05) is 7.11 Å². The lowest BCUT2D eigenvalue weighted by Gasteiger charge is -2.25. The van der Waals surface area contributed by atoms with Gasteiger partial charge in [-0.25, -0.2) is 0 Å². The maximum Gasteiger partial charge on any atom is 0.303 e. The van der Waals surface area contributed by atoms with Crippen LogP contribution in [0.2, 0.25) is 0 Å². The van der Waals surface area contributed by atoms with Crippen LogP contribution in [0.3, 0.4) is 0 Å². The smallest absolute Gasteiger partial charge is 0.303 e. The lowest BCUT2D eigenvalue weighted by atomic mass is 9.87. The van der Waals surface area contributed by atoms with Gasteiger partial charge in [0.2, 0.25) is 0 Å².